The van der Waals surface area contributed by atoms with E-state index in [2.05, 4.69) is 6.92 Å². The van der Waals surface area contributed by atoms with E-state index >= 15 is 0 Å². The van der Waals surface area contributed by atoms with Gasteiger partial charge in [-0.1, -0.05) is 39.0 Å². The molecule has 0 aliphatic rings. The molecule has 0 aliphatic heterocycles. The molecule has 0 amide bonds. The molecule has 0 aromatic heterocycles. The summed E-state index contributed by atoms with van der Waals surface area (Å²) in [5, 5.41) is 0. The highest BCUT2D eigenvalue weighted by atomic mass is 16.5. The summed E-state index contributed by atoms with van der Waals surface area (Å²) < 4.78 is 10.2. The molecule has 0 unspecified atom stereocenters. The van der Waals surface area contributed by atoms with Crippen molar-refractivity contribution in [2.24, 2.45) is 5.41 Å². The number of carbonyl (C=O) groups is 3. The standard InChI is InChI=1S/C19H34O5/c1-4-5-14-23-17(21)12-10-8-6-7-9-11-13-18(22)24-16-19(2,3)15-20/h15H,4-14,16H2,1-3H3. The molecule has 140 valence electrons. The van der Waals surface area contributed by atoms with Gasteiger partial charge in [0.1, 0.15) is 12.9 Å². The van der Waals surface area contributed by atoms with Crippen molar-refractivity contribution < 1.29 is 23.9 Å². The van der Waals surface area contributed by atoms with Crippen LogP contribution in [-0.2, 0) is 23.9 Å². The molecule has 24 heavy (non-hydrogen) atoms. The Morgan fingerprint density at radius 3 is 1.83 bits per heavy atom. The zero-order valence-corrected chi connectivity index (χ0v) is 15.6. The van der Waals surface area contributed by atoms with Crippen molar-refractivity contribution in [3.63, 3.8) is 0 Å². The molecule has 0 fully saturated rings. The molecule has 0 aliphatic carbocycles. The van der Waals surface area contributed by atoms with E-state index < -0.39 is 5.41 Å². The van der Waals surface area contributed by atoms with Gasteiger partial charge in [0.2, 0.25) is 0 Å². The van der Waals surface area contributed by atoms with Crippen molar-refractivity contribution in [3.05, 3.63) is 0 Å². The second kappa shape index (κ2) is 14.0. The van der Waals surface area contributed by atoms with Crippen LogP contribution in [0.25, 0.3) is 0 Å². The quantitative estimate of drug-likeness (QED) is 0.253. The average Bonchev–Trinajstić information content (AvgIpc) is 2.55. The Bertz CT molecular complexity index is 363. The number of carbonyl (C=O) groups excluding carboxylic acids is 3. The Morgan fingerprint density at radius 2 is 1.33 bits per heavy atom. The Labute approximate surface area is 146 Å². The Morgan fingerprint density at radius 1 is 0.833 bits per heavy atom. The smallest absolute Gasteiger partial charge is 0.305 e. The second-order valence-electron chi connectivity index (χ2n) is 6.96. The highest BCUT2D eigenvalue weighted by Gasteiger charge is 2.18. The maximum absolute atomic E-state index is 11.5. The van der Waals surface area contributed by atoms with Crippen LogP contribution in [0.5, 0.6) is 0 Å². The summed E-state index contributed by atoms with van der Waals surface area (Å²) in [4.78, 5) is 33.6. The van der Waals surface area contributed by atoms with Gasteiger partial charge in [0.25, 0.3) is 0 Å². The molecule has 0 saturated heterocycles. The van der Waals surface area contributed by atoms with Crippen LogP contribution < -0.4 is 0 Å². The van der Waals surface area contributed by atoms with Crippen molar-refractivity contribution in [2.45, 2.75) is 85.0 Å². The van der Waals surface area contributed by atoms with Gasteiger partial charge in [0.15, 0.2) is 0 Å². The Hall–Kier alpha value is -1.39. The van der Waals surface area contributed by atoms with Crippen molar-refractivity contribution in [1.82, 2.24) is 0 Å². The van der Waals surface area contributed by atoms with Crippen molar-refractivity contribution in [2.75, 3.05) is 13.2 Å². The Kier molecular flexibility index (Phi) is 13.2. The van der Waals surface area contributed by atoms with E-state index in [0.717, 1.165) is 57.7 Å². The van der Waals surface area contributed by atoms with Gasteiger partial charge in [-0.05, 0) is 33.1 Å². The predicted octanol–water partition coefficient (Wildman–Crippen LogP) is 4.22. The first-order valence-electron chi connectivity index (χ1n) is 9.19. The van der Waals surface area contributed by atoms with Crippen LogP contribution in [0.3, 0.4) is 0 Å². The molecule has 0 atom stereocenters. The lowest BCUT2D eigenvalue weighted by Crippen LogP contribution is -2.23. The first kappa shape index (κ1) is 22.6. The van der Waals surface area contributed by atoms with Crippen LogP contribution >= 0.6 is 0 Å². The summed E-state index contributed by atoms with van der Waals surface area (Å²) in [5.41, 5.74) is -0.604. The van der Waals surface area contributed by atoms with Crippen molar-refractivity contribution in [1.29, 1.82) is 0 Å². The molecule has 0 spiro atoms. The summed E-state index contributed by atoms with van der Waals surface area (Å²) in [6.45, 7) is 6.23. The zero-order chi connectivity index (χ0) is 18.3. The van der Waals surface area contributed by atoms with Crippen LogP contribution in [0.1, 0.15) is 85.0 Å². The first-order valence-corrected chi connectivity index (χ1v) is 9.19. The van der Waals surface area contributed by atoms with E-state index in [0.29, 0.717) is 19.4 Å². The molecular formula is C19H34O5. The highest BCUT2D eigenvalue weighted by molar-refractivity contribution is 5.70. The molecule has 0 saturated carbocycles. The number of hydrogen-bond donors (Lipinski definition) is 0. The minimum absolute atomic E-state index is 0.0931. The van der Waals surface area contributed by atoms with Gasteiger partial charge in [0.05, 0.1) is 12.0 Å². The summed E-state index contributed by atoms with van der Waals surface area (Å²) in [5.74, 6) is -0.329. The average molecular weight is 342 g/mol. The number of hydrogen-bond acceptors (Lipinski definition) is 5. The van der Waals surface area contributed by atoms with Gasteiger partial charge >= 0.3 is 11.9 Å². The molecule has 0 aromatic rings. The minimum Gasteiger partial charge on any atom is -0.466 e. The molecule has 0 rings (SSSR count). The molecule has 0 bridgehead atoms. The maximum Gasteiger partial charge on any atom is 0.305 e. The third-order valence-corrected chi connectivity index (χ3v) is 3.70. The zero-order valence-electron chi connectivity index (χ0n) is 15.6. The SMILES string of the molecule is CCCCOC(=O)CCCCCCCCC(=O)OCC(C)(C)C=O. The fraction of sp³-hybridized carbons (Fsp3) is 0.842. The molecule has 0 aromatic carbocycles. The van der Waals surface area contributed by atoms with Gasteiger partial charge in [-0.3, -0.25) is 9.59 Å². The maximum atomic E-state index is 11.5. The number of rotatable bonds is 15. The van der Waals surface area contributed by atoms with Crippen LogP contribution in [0.2, 0.25) is 0 Å². The van der Waals surface area contributed by atoms with E-state index in [1.54, 1.807) is 13.8 Å². The van der Waals surface area contributed by atoms with Gasteiger partial charge in [-0.25, -0.2) is 0 Å². The normalized spacial score (nSPS) is 11.1. The van der Waals surface area contributed by atoms with E-state index in [1.807, 2.05) is 0 Å². The topological polar surface area (TPSA) is 69.7 Å². The fourth-order valence-corrected chi connectivity index (χ4v) is 2.02. The summed E-state index contributed by atoms with van der Waals surface area (Å²) in [6, 6.07) is 0. The van der Waals surface area contributed by atoms with Gasteiger partial charge < -0.3 is 14.3 Å². The van der Waals surface area contributed by atoms with Crippen LogP contribution in [0.15, 0.2) is 0 Å². The molecule has 5 heteroatoms. The van der Waals surface area contributed by atoms with E-state index in [-0.39, 0.29) is 18.5 Å². The predicted molar refractivity (Wildman–Crippen MR) is 93.6 cm³/mol. The number of aldehydes is 1. The van der Waals surface area contributed by atoms with Gasteiger partial charge in [-0.2, -0.15) is 0 Å². The largest absolute Gasteiger partial charge is 0.466 e. The van der Waals surface area contributed by atoms with Crippen molar-refractivity contribution >= 4 is 18.2 Å². The van der Waals surface area contributed by atoms with Crippen molar-refractivity contribution in [3.8, 4) is 0 Å². The summed E-state index contributed by atoms with van der Waals surface area (Å²) in [7, 11) is 0. The van der Waals surface area contributed by atoms with Crippen LogP contribution in [-0.4, -0.2) is 31.4 Å². The van der Waals surface area contributed by atoms with E-state index in [1.165, 1.54) is 0 Å². The highest BCUT2D eigenvalue weighted by Crippen LogP contribution is 2.13. The number of esters is 2. The lowest BCUT2D eigenvalue weighted by atomic mass is 9.98. The molecule has 5 nitrogen and oxygen atoms in total. The number of unbranched alkanes of at least 4 members (excludes halogenated alkanes) is 6. The third kappa shape index (κ3) is 14.2. The lowest BCUT2D eigenvalue weighted by Gasteiger charge is -2.16. The van der Waals surface area contributed by atoms with E-state index in [4.69, 9.17) is 9.47 Å². The Balaban J connectivity index is 3.40. The molecular weight excluding hydrogens is 308 g/mol. The second-order valence-corrected chi connectivity index (χ2v) is 6.96. The minimum atomic E-state index is -0.604. The fourth-order valence-electron chi connectivity index (χ4n) is 2.02. The van der Waals surface area contributed by atoms with Gasteiger partial charge in [0, 0.05) is 12.8 Å². The molecule has 0 radical (unpaired) electrons. The number of ether oxygens (including phenoxy) is 2. The molecule has 0 N–H and O–H groups in total. The van der Waals surface area contributed by atoms with Gasteiger partial charge in [-0.15, -0.1) is 0 Å². The first-order chi connectivity index (χ1) is 11.4. The summed E-state index contributed by atoms with van der Waals surface area (Å²) >= 11 is 0. The third-order valence-electron chi connectivity index (χ3n) is 3.70. The summed E-state index contributed by atoms with van der Waals surface area (Å²) in [6.07, 6.45) is 9.46. The monoisotopic (exact) mass is 342 g/mol. The van der Waals surface area contributed by atoms with Crippen LogP contribution in [0, 0.1) is 5.41 Å². The molecule has 0 heterocycles. The lowest BCUT2D eigenvalue weighted by molar-refractivity contribution is -0.147. The van der Waals surface area contributed by atoms with Crippen LogP contribution in [0.4, 0.5) is 0 Å². The van der Waals surface area contributed by atoms with E-state index in [9.17, 15) is 14.4 Å².